The van der Waals surface area contributed by atoms with Gasteiger partial charge in [0.25, 0.3) is 0 Å². The van der Waals surface area contributed by atoms with E-state index >= 15 is 0 Å². The Kier molecular flexibility index (Phi) is 4.01. The summed E-state index contributed by atoms with van der Waals surface area (Å²) in [5.74, 6) is 1.39. The minimum absolute atomic E-state index is 0.0387. The minimum atomic E-state index is -0.0387. The first-order valence-electron chi connectivity index (χ1n) is 5.25. The molecule has 1 aromatic carbocycles. The molecule has 0 aliphatic rings. The fourth-order valence-electron chi connectivity index (χ4n) is 1.46. The fourth-order valence-corrected chi connectivity index (χ4v) is 2.12. The molecule has 0 bridgehead atoms. The van der Waals surface area contributed by atoms with E-state index < -0.39 is 0 Å². The van der Waals surface area contributed by atoms with E-state index in [1.54, 1.807) is 24.5 Å². The van der Waals surface area contributed by atoms with Gasteiger partial charge in [-0.25, -0.2) is 0 Å². The van der Waals surface area contributed by atoms with Crippen molar-refractivity contribution in [3.05, 3.63) is 46.2 Å². The average Bonchev–Trinajstić information content (AvgIpc) is 2.89. The van der Waals surface area contributed by atoms with Crippen molar-refractivity contribution in [2.75, 3.05) is 7.11 Å². The van der Waals surface area contributed by atoms with Crippen LogP contribution in [0.1, 0.15) is 11.1 Å². The summed E-state index contributed by atoms with van der Waals surface area (Å²) < 4.78 is 10.8. The number of ether oxygens (including phenoxy) is 2. The van der Waals surface area contributed by atoms with Crippen LogP contribution in [0, 0.1) is 0 Å². The average molecular weight is 250 g/mol. The van der Waals surface area contributed by atoms with Gasteiger partial charge in [-0.15, -0.1) is 0 Å². The quantitative estimate of drug-likeness (QED) is 0.886. The van der Waals surface area contributed by atoms with Gasteiger partial charge in [-0.1, -0.05) is 0 Å². The van der Waals surface area contributed by atoms with Gasteiger partial charge in [-0.3, -0.25) is 0 Å². The molecule has 0 amide bonds. The second-order valence-corrected chi connectivity index (χ2v) is 4.33. The van der Waals surface area contributed by atoms with E-state index in [9.17, 15) is 5.11 Å². The highest BCUT2D eigenvalue weighted by molar-refractivity contribution is 7.07. The van der Waals surface area contributed by atoms with Crippen molar-refractivity contribution in [3.63, 3.8) is 0 Å². The van der Waals surface area contributed by atoms with Crippen LogP contribution in [-0.2, 0) is 13.2 Å². The summed E-state index contributed by atoms with van der Waals surface area (Å²) in [5.41, 5.74) is 1.89. The Morgan fingerprint density at radius 2 is 2.18 bits per heavy atom. The normalized spacial score (nSPS) is 10.2. The van der Waals surface area contributed by atoms with Crippen LogP contribution in [0.25, 0.3) is 0 Å². The first-order chi connectivity index (χ1) is 8.33. The molecule has 0 atom stereocenters. The Labute approximate surface area is 104 Å². The molecular formula is C13H14O3S. The summed E-state index contributed by atoms with van der Waals surface area (Å²) in [6.45, 7) is 0.465. The smallest absolute Gasteiger partial charge is 0.129 e. The summed E-state index contributed by atoms with van der Waals surface area (Å²) >= 11 is 1.64. The Morgan fingerprint density at radius 3 is 2.82 bits per heavy atom. The molecule has 0 radical (unpaired) electrons. The van der Waals surface area contributed by atoms with E-state index in [0.717, 1.165) is 16.9 Å². The highest BCUT2D eigenvalue weighted by Crippen LogP contribution is 2.25. The second kappa shape index (κ2) is 5.70. The molecule has 0 saturated heterocycles. The maximum absolute atomic E-state index is 9.22. The van der Waals surface area contributed by atoms with Gasteiger partial charge >= 0.3 is 0 Å². The van der Waals surface area contributed by atoms with Gasteiger partial charge in [0.1, 0.15) is 18.1 Å². The number of hydrogen-bond acceptors (Lipinski definition) is 4. The summed E-state index contributed by atoms with van der Waals surface area (Å²) in [7, 11) is 1.61. The van der Waals surface area contributed by atoms with E-state index in [1.165, 1.54) is 0 Å². The van der Waals surface area contributed by atoms with Crippen molar-refractivity contribution in [1.29, 1.82) is 0 Å². The number of thiophene rings is 1. The van der Waals surface area contributed by atoms with Crippen molar-refractivity contribution in [2.45, 2.75) is 13.2 Å². The van der Waals surface area contributed by atoms with Gasteiger partial charge in [0.2, 0.25) is 0 Å². The van der Waals surface area contributed by atoms with E-state index in [1.807, 2.05) is 29.0 Å². The number of aliphatic hydroxyl groups excluding tert-OH is 1. The van der Waals surface area contributed by atoms with E-state index in [4.69, 9.17) is 9.47 Å². The molecule has 0 saturated carbocycles. The van der Waals surface area contributed by atoms with Crippen molar-refractivity contribution in [1.82, 2.24) is 0 Å². The third-order valence-corrected chi connectivity index (χ3v) is 3.15. The van der Waals surface area contributed by atoms with Gasteiger partial charge < -0.3 is 14.6 Å². The SMILES string of the molecule is COc1ccc(CO)c(OCc2ccsc2)c1. The van der Waals surface area contributed by atoms with Crippen LogP contribution in [0.5, 0.6) is 11.5 Å². The van der Waals surface area contributed by atoms with Crippen LogP contribution in [-0.4, -0.2) is 12.2 Å². The largest absolute Gasteiger partial charge is 0.497 e. The minimum Gasteiger partial charge on any atom is -0.497 e. The van der Waals surface area contributed by atoms with Crippen molar-refractivity contribution in [2.24, 2.45) is 0 Å². The number of aliphatic hydroxyl groups is 1. The zero-order valence-electron chi connectivity index (χ0n) is 9.55. The van der Waals surface area contributed by atoms with Gasteiger partial charge in [0.15, 0.2) is 0 Å². The topological polar surface area (TPSA) is 38.7 Å². The third-order valence-electron chi connectivity index (χ3n) is 2.42. The van der Waals surface area contributed by atoms with Crippen LogP contribution in [0.4, 0.5) is 0 Å². The monoisotopic (exact) mass is 250 g/mol. The zero-order valence-corrected chi connectivity index (χ0v) is 10.4. The van der Waals surface area contributed by atoms with Gasteiger partial charge in [0.05, 0.1) is 13.7 Å². The number of hydrogen-bond donors (Lipinski definition) is 1. The summed E-state index contributed by atoms with van der Waals surface area (Å²) in [6.07, 6.45) is 0. The van der Waals surface area contributed by atoms with Crippen molar-refractivity contribution < 1.29 is 14.6 Å². The van der Waals surface area contributed by atoms with Crippen LogP contribution >= 0.6 is 11.3 Å². The van der Waals surface area contributed by atoms with Gasteiger partial charge in [-0.05, 0) is 34.5 Å². The van der Waals surface area contributed by atoms with Crippen molar-refractivity contribution in [3.8, 4) is 11.5 Å². The molecule has 2 rings (SSSR count). The first-order valence-corrected chi connectivity index (χ1v) is 6.19. The van der Waals surface area contributed by atoms with Crippen LogP contribution in [0.15, 0.2) is 35.0 Å². The van der Waals surface area contributed by atoms with Crippen molar-refractivity contribution >= 4 is 11.3 Å². The molecule has 4 heteroatoms. The molecule has 90 valence electrons. The van der Waals surface area contributed by atoms with Gasteiger partial charge in [0, 0.05) is 11.6 Å². The molecule has 0 aliphatic heterocycles. The molecule has 3 nitrogen and oxygen atoms in total. The van der Waals surface area contributed by atoms with E-state index in [-0.39, 0.29) is 6.61 Å². The highest BCUT2D eigenvalue weighted by atomic mass is 32.1. The van der Waals surface area contributed by atoms with Crippen LogP contribution in [0.2, 0.25) is 0 Å². The molecule has 0 spiro atoms. The second-order valence-electron chi connectivity index (χ2n) is 3.55. The summed E-state index contributed by atoms with van der Waals surface area (Å²) in [6, 6.07) is 7.42. The molecule has 2 aromatic rings. The molecule has 17 heavy (non-hydrogen) atoms. The number of methoxy groups -OCH3 is 1. The van der Waals surface area contributed by atoms with E-state index in [0.29, 0.717) is 12.4 Å². The Morgan fingerprint density at radius 1 is 1.29 bits per heavy atom. The molecular weight excluding hydrogens is 236 g/mol. The molecule has 0 unspecified atom stereocenters. The lowest BCUT2D eigenvalue weighted by Crippen LogP contribution is -1.98. The number of rotatable bonds is 5. The highest BCUT2D eigenvalue weighted by Gasteiger charge is 2.05. The molecule has 1 N–H and O–H groups in total. The molecule has 1 aromatic heterocycles. The summed E-state index contributed by atoms with van der Waals surface area (Å²) in [5, 5.41) is 13.3. The molecule has 0 fully saturated rings. The Balaban J connectivity index is 2.12. The van der Waals surface area contributed by atoms with E-state index in [2.05, 4.69) is 0 Å². The zero-order chi connectivity index (χ0) is 12.1. The Bertz CT molecular complexity index is 466. The Hall–Kier alpha value is -1.52. The maximum Gasteiger partial charge on any atom is 0.129 e. The van der Waals surface area contributed by atoms with Gasteiger partial charge in [-0.2, -0.15) is 11.3 Å². The lowest BCUT2D eigenvalue weighted by atomic mass is 10.2. The van der Waals surface area contributed by atoms with Crippen LogP contribution in [0.3, 0.4) is 0 Å². The standard InChI is InChI=1S/C13H14O3S/c1-15-12-3-2-11(7-14)13(6-12)16-8-10-4-5-17-9-10/h2-6,9,14H,7-8H2,1H3. The molecule has 0 aliphatic carbocycles. The lowest BCUT2D eigenvalue weighted by Gasteiger charge is -2.11. The first kappa shape index (κ1) is 12.0. The fraction of sp³-hybridized carbons (Fsp3) is 0.231. The lowest BCUT2D eigenvalue weighted by molar-refractivity contribution is 0.258. The molecule has 1 heterocycles. The maximum atomic E-state index is 9.22. The predicted molar refractivity (Wildman–Crippen MR) is 67.6 cm³/mol. The number of benzene rings is 1. The predicted octanol–water partition coefficient (Wildman–Crippen LogP) is 2.83. The third kappa shape index (κ3) is 2.99. The van der Waals surface area contributed by atoms with Crippen LogP contribution < -0.4 is 9.47 Å². The summed E-state index contributed by atoms with van der Waals surface area (Å²) in [4.78, 5) is 0.